The summed E-state index contributed by atoms with van der Waals surface area (Å²) in [6.07, 6.45) is 0. The molecule has 20 heavy (non-hydrogen) atoms. The van der Waals surface area contributed by atoms with E-state index in [1.54, 1.807) is 7.11 Å². The Morgan fingerprint density at radius 1 is 1.05 bits per heavy atom. The number of benzene rings is 2. The molecule has 0 atom stereocenters. The van der Waals surface area contributed by atoms with Gasteiger partial charge in [-0.3, -0.25) is 0 Å². The highest BCUT2D eigenvalue weighted by molar-refractivity contribution is 6.00. The van der Waals surface area contributed by atoms with E-state index in [0.29, 0.717) is 0 Å². The molecule has 2 aromatic rings. The molecule has 104 valence electrons. The molecule has 0 bridgehead atoms. The van der Waals surface area contributed by atoms with Crippen LogP contribution in [0.3, 0.4) is 0 Å². The van der Waals surface area contributed by atoms with Crippen LogP contribution in [0.2, 0.25) is 0 Å². The van der Waals surface area contributed by atoms with Crippen molar-refractivity contribution in [2.45, 2.75) is 6.92 Å². The lowest BCUT2D eigenvalue weighted by Gasteiger charge is -2.16. The average molecular weight is 268 g/mol. The van der Waals surface area contributed by atoms with Crippen LogP contribution in [0, 0.1) is 6.92 Å². The van der Waals surface area contributed by atoms with Gasteiger partial charge in [-0.15, -0.1) is 0 Å². The van der Waals surface area contributed by atoms with Crippen LogP contribution < -0.4 is 4.74 Å². The van der Waals surface area contributed by atoms with Crippen LogP contribution in [0.4, 0.5) is 5.69 Å². The first-order chi connectivity index (χ1) is 9.60. The normalized spacial score (nSPS) is 11.3. The molecule has 0 heterocycles. The number of aliphatic imine (C=N–C) groups is 1. The third-order valence-electron chi connectivity index (χ3n) is 3.02. The average Bonchev–Trinajstić information content (AvgIpc) is 2.46. The number of amidine groups is 1. The molecule has 0 saturated carbocycles. The van der Waals surface area contributed by atoms with Crippen LogP contribution >= 0.6 is 0 Å². The Bertz CT molecular complexity index is 601. The molecule has 0 radical (unpaired) electrons. The van der Waals surface area contributed by atoms with Crippen LogP contribution in [-0.2, 0) is 0 Å². The van der Waals surface area contributed by atoms with Crippen LogP contribution in [-0.4, -0.2) is 31.9 Å². The van der Waals surface area contributed by atoms with Crippen LogP contribution in [0.1, 0.15) is 11.1 Å². The first-order valence-corrected chi connectivity index (χ1v) is 6.57. The maximum Gasteiger partial charge on any atom is 0.136 e. The number of rotatable bonds is 3. The number of ether oxygens (including phenoxy) is 1. The van der Waals surface area contributed by atoms with Crippen molar-refractivity contribution in [2.75, 3.05) is 21.2 Å². The summed E-state index contributed by atoms with van der Waals surface area (Å²) >= 11 is 0. The van der Waals surface area contributed by atoms with Gasteiger partial charge >= 0.3 is 0 Å². The molecule has 0 N–H and O–H groups in total. The zero-order valence-corrected chi connectivity index (χ0v) is 12.4. The van der Waals surface area contributed by atoms with Gasteiger partial charge in [0.15, 0.2) is 0 Å². The minimum absolute atomic E-state index is 0.813. The number of aryl methyl sites for hydroxylation is 1. The van der Waals surface area contributed by atoms with Crippen molar-refractivity contribution >= 4 is 11.5 Å². The smallest absolute Gasteiger partial charge is 0.136 e. The number of hydrogen-bond acceptors (Lipinski definition) is 2. The minimum Gasteiger partial charge on any atom is -0.497 e. The monoisotopic (exact) mass is 268 g/mol. The Balaban J connectivity index is 2.41. The summed E-state index contributed by atoms with van der Waals surface area (Å²) in [5.74, 6) is 1.74. The summed E-state index contributed by atoms with van der Waals surface area (Å²) in [6.45, 7) is 2.08. The van der Waals surface area contributed by atoms with Gasteiger partial charge in [-0.25, -0.2) is 4.99 Å². The summed E-state index contributed by atoms with van der Waals surface area (Å²) in [7, 11) is 5.66. The van der Waals surface area contributed by atoms with E-state index in [-0.39, 0.29) is 0 Å². The zero-order chi connectivity index (χ0) is 14.5. The molecule has 0 aliphatic heterocycles. The van der Waals surface area contributed by atoms with Gasteiger partial charge in [0.05, 0.1) is 12.8 Å². The highest BCUT2D eigenvalue weighted by atomic mass is 16.5. The topological polar surface area (TPSA) is 24.8 Å². The molecule has 3 heteroatoms. The SMILES string of the molecule is COc1cccc(N=C(c2ccc(C)cc2)N(C)C)c1. The van der Waals surface area contributed by atoms with Crippen molar-refractivity contribution in [3.8, 4) is 5.75 Å². The van der Waals surface area contributed by atoms with E-state index in [0.717, 1.165) is 22.8 Å². The van der Waals surface area contributed by atoms with Crippen LogP contribution in [0.25, 0.3) is 0 Å². The quantitative estimate of drug-likeness (QED) is 0.627. The Hall–Kier alpha value is -2.29. The Labute approximate surface area is 120 Å². The van der Waals surface area contributed by atoms with Crippen molar-refractivity contribution < 1.29 is 4.74 Å². The molecule has 0 saturated heterocycles. The lowest BCUT2D eigenvalue weighted by atomic mass is 10.1. The summed E-state index contributed by atoms with van der Waals surface area (Å²) in [6, 6.07) is 16.1. The molecule has 0 fully saturated rings. The second-order valence-corrected chi connectivity index (χ2v) is 4.90. The fraction of sp³-hybridized carbons (Fsp3) is 0.235. The van der Waals surface area contributed by atoms with E-state index >= 15 is 0 Å². The minimum atomic E-state index is 0.813. The molecule has 0 spiro atoms. The molecule has 0 aliphatic carbocycles. The lowest BCUT2D eigenvalue weighted by Crippen LogP contribution is -2.22. The maximum atomic E-state index is 5.24. The summed E-state index contributed by atoms with van der Waals surface area (Å²) in [5.41, 5.74) is 3.23. The fourth-order valence-corrected chi connectivity index (χ4v) is 1.93. The highest BCUT2D eigenvalue weighted by Crippen LogP contribution is 2.21. The van der Waals surface area contributed by atoms with E-state index in [1.165, 1.54) is 5.56 Å². The van der Waals surface area contributed by atoms with Crippen molar-refractivity contribution in [1.82, 2.24) is 4.90 Å². The van der Waals surface area contributed by atoms with Gasteiger partial charge in [0.2, 0.25) is 0 Å². The van der Waals surface area contributed by atoms with Crippen molar-refractivity contribution in [1.29, 1.82) is 0 Å². The second-order valence-electron chi connectivity index (χ2n) is 4.90. The molecule has 3 nitrogen and oxygen atoms in total. The zero-order valence-electron chi connectivity index (χ0n) is 12.4. The standard InChI is InChI=1S/C17H20N2O/c1-13-8-10-14(11-9-13)17(19(2)3)18-15-6-5-7-16(12-15)20-4/h5-12H,1-4H3. The molecule has 0 amide bonds. The molecule has 2 rings (SSSR count). The third kappa shape index (κ3) is 3.38. The van der Waals surface area contributed by atoms with Gasteiger partial charge in [-0.1, -0.05) is 35.9 Å². The third-order valence-corrected chi connectivity index (χ3v) is 3.02. The largest absolute Gasteiger partial charge is 0.497 e. The van der Waals surface area contributed by atoms with Gasteiger partial charge in [0.1, 0.15) is 11.6 Å². The van der Waals surface area contributed by atoms with E-state index in [4.69, 9.17) is 9.73 Å². The summed E-state index contributed by atoms with van der Waals surface area (Å²) in [4.78, 5) is 6.75. The van der Waals surface area contributed by atoms with Crippen LogP contribution in [0.5, 0.6) is 5.75 Å². The van der Waals surface area contributed by atoms with Gasteiger partial charge in [0.25, 0.3) is 0 Å². The predicted octanol–water partition coefficient (Wildman–Crippen LogP) is 3.64. The van der Waals surface area contributed by atoms with Crippen molar-refractivity contribution in [3.63, 3.8) is 0 Å². The maximum absolute atomic E-state index is 5.24. The fourth-order valence-electron chi connectivity index (χ4n) is 1.93. The van der Waals surface area contributed by atoms with Gasteiger partial charge < -0.3 is 9.64 Å². The first kappa shape index (κ1) is 14.1. The molecule has 0 unspecified atom stereocenters. The number of nitrogens with zero attached hydrogens (tertiary/aromatic N) is 2. The van der Waals surface area contributed by atoms with Gasteiger partial charge in [0, 0.05) is 25.7 Å². The molecule has 2 aromatic carbocycles. The van der Waals surface area contributed by atoms with Crippen molar-refractivity contribution in [3.05, 3.63) is 59.7 Å². The molecular formula is C17H20N2O. The van der Waals surface area contributed by atoms with E-state index in [2.05, 4.69) is 31.2 Å². The van der Waals surface area contributed by atoms with E-state index in [1.807, 2.05) is 43.3 Å². The summed E-state index contributed by atoms with van der Waals surface area (Å²) < 4.78 is 5.24. The molecule has 0 aromatic heterocycles. The first-order valence-electron chi connectivity index (χ1n) is 6.57. The van der Waals surface area contributed by atoms with Gasteiger partial charge in [-0.05, 0) is 19.1 Å². The highest BCUT2D eigenvalue weighted by Gasteiger charge is 2.06. The summed E-state index contributed by atoms with van der Waals surface area (Å²) in [5, 5.41) is 0. The van der Waals surface area contributed by atoms with Crippen molar-refractivity contribution in [2.24, 2.45) is 4.99 Å². The number of hydrogen-bond donors (Lipinski definition) is 0. The van der Waals surface area contributed by atoms with Crippen LogP contribution in [0.15, 0.2) is 53.5 Å². The molecular weight excluding hydrogens is 248 g/mol. The molecule has 0 aliphatic rings. The Morgan fingerprint density at radius 3 is 2.35 bits per heavy atom. The lowest BCUT2D eigenvalue weighted by molar-refractivity contribution is 0.415. The van der Waals surface area contributed by atoms with E-state index < -0.39 is 0 Å². The Morgan fingerprint density at radius 2 is 1.75 bits per heavy atom. The predicted molar refractivity (Wildman–Crippen MR) is 84.1 cm³/mol. The van der Waals surface area contributed by atoms with E-state index in [9.17, 15) is 0 Å². The van der Waals surface area contributed by atoms with Gasteiger partial charge in [-0.2, -0.15) is 0 Å². The Kier molecular flexibility index (Phi) is 4.41. The second kappa shape index (κ2) is 6.24. The number of methoxy groups -OCH3 is 1.